The molecule has 174 valence electrons. The van der Waals surface area contributed by atoms with E-state index in [0.717, 1.165) is 62.3 Å². The number of hydrogen-bond acceptors (Lipinski definition) is 6. The summed E-state index contributed by atoms with van der Waals surface area (Å²) in [6.45, 7) is 16.2. The van der Waals surface area contributed by atoms with Gasteiger partial charge in [0.2, 0.25) is 0 Å². The molecular formula is C26H40N6. The second-order valence-corrected chi connectivity index (χ2v) is 7.86. The van der Waals surface area contributed by atoms with E-state index in [2.05, 4.69) is 102 Å². The van der Waals surface area contributed by atoms with Crippen molar-refractivity contribution in [1.29, 1.82) is 0 Å². The molecule has 0 aromatic carbocycles. The Morgan fingerprint density at radius 1 is 0.875 bits per heavy atom. The fourth-order valence-corrected chi connectivity index (χ4v) is 3.29. The van der Waals surface area contributed by atoms with Crippen LogP contribution < -0.4 is 21.3 Å². The van der Waals surface area contributed by atoms with Crippen LogP contribution in [0.5, 0.6) is 0 Å². The van der Waals surface area contributed by atoms with E-state index in [9.17, 15) is 0 Å². The minimum absolute atomic E-state index is 0.820. The van der Waals surface area contributed by atoms with Gasteiger partial charge in [0.25, 0.3) is 0 Å². The molecule has 2 rings (SSSR count). The number of hydrogen-bond donors (Lipinski definition) is 4. The van der Waals surface area contributed by atoms with Crippen molar-refractivity contribution in [2.24, 2.45) is 9.98 Å². The summed E-state index contributed by atoms with van der Waals surface area (Å²) in [5.74, 6) is 1.69. The van der Waals surface area contributed by atoms with Crippen LogP contribution in [0.3, 0.4) is 0 Å². The van der Waals surface area contributed by atoms with Gasteiger partial charge in [0.15, 0.2) is 11.9 Å². The Hall–Kier alpha value is -3.02. The van der Waals surface area contributed by atoms with E-state index in [1.54, 1.807) is 0 Å². The van der Waals surface area contributed by atoms with Crippen LogP contribution in [0.2, 0.25) is 0 Å². The zero-order chi connectivity index (χ0) is 23.3. The largest absolute Gasteiger partial charge is 0.354 e. The van der Waals surface area contributed by atoms with Crippen LogP contribution in [-0.2, 0) is 0 Å². The van der Waals surface area contributed by atoms with Gasteiger partial charge in [-0.15, -0.1) is 0 Å². The Morgan fingerprint density at radius 2 is 1.47 bits per heavy atom. The summed E-state index contributed by atoms with van der Waals surface area (Å²) in [6, 6.07) is 0. The third-order valence-electron chi connectivity index (χ3n) is 5.69. The van der Waals surface area contributed by atoms with Gasteiger partial charge in [0.1, 0.15) is 0 Å². The normalized spacial score (nSPS) is 18.8. The van der Waals surface area contributed by atoms with E-state index < -0.39 is 0 Å². The third-order valence-corrected chi connectivity index (χ3v) is 5.69. The summed E-state index contributed by atoms with van der Waals surface area (Å²) in [5, 5.41) is 13.3. The maximum Gasteiger partial charge on any atom is 0.195 e. The molecule has 0 radical (unpaired) electrons. The molecule has 0 fully saturated rings. The first-order chi connectivity index (χ1) is 15.5. The van der Waals surface area contributed by atoms with Crippen LogP contribution in [0.15, 0.2) is 80.1 Å². The fraction of sp³-hybridized carbons (Fsp3) is 0.462. The lowest BCUT2D eigenvalue weighted by Crippen LogP contribution is -2.32. The fourth-order valence-electron chi connectivity index (χ4n) is 3.29. The first-order valence-electron chi connectivity index (χ1n) is 11.6. The highest BCUT2D eigenvalue weighted by molar-refractivity contribution is 5.83. The highest BCUT2D eigenvalue weighted by Gasteiger charge is 2.10. The van der Waals surface area contributed by atoms with Gasteiger partial charge in [0.05, 0.1) is 13.1 Å². The molecule has 32 heavy (non-hydrogen) atoms. The summed E-state index contributed by atoms with van der Waals surface area (Å²) in [7, 11) is 0. The standard InChI is InChI=1S/C26H40N6/c1-7-19(5)21(11-12-23(9-3)31-25-27-13-14-28-25)17-22(20(6)8-2)18-24(10-4)32-26-29-15-16-30-26/h8-12,18H,7,13-17H2,1-6H3,(H2,27,28,31)(H2,29,30,32)/b12-11-,20-8-,21-19-,22-18-,23-9+,24-10+. The second kappa shape index (κ2) is 13.4. The van der Waals surface area contributed by atoms with Crippen LogP contribution in [0, 0.1) is 0 Å². The lowest BCUT2D eigenvalue weighted by molar-refractivity contribution is 0.941. The highest BCUT2D eigenvalue weighted by Crippen LogP contribution is 2.25. The Labute approximate surface area is 194 Å². The summed E-state index contributed by atoms with van der Waals surface area (Å²) in [4.78, 5) is 8.89. The zero-order valence-electron chi connectivity index (χ0n) is 20.6. The zero-order valence-corrected chi connectivity index (χ0v) is 20.6. The van der Waals surface area contributed by atoms with Gasteiger partial charge < -0.3 is 21.3 Å². The van der Waals surface area contributed by atoms with Crippen molar-refractivity contribution in [3.63, 3.8) is 0 Å². The van der Waals surface area contributed by atoms with Crippen molar-refractivity contribution in [2.45, 2.75) is 54.4 Å². The topological polar surface area (TPSA) is 72.8 Å². The van der Waals surface area contributed by atoms with Crippen LogP contribution in [0.4, 0.5) is 0 Å². The molecule has 0 unspecified atom stereocenters. The molecule has 0 atom stereocenters. The van der Waals surface area contributed by atoms with Gasteiger partial charge in [-0.2, -0.15) is 0 Å². The molecule has 6 heteroatoms. The first kappa shape index (κ1) is 25.2. The molecule has 6 nitrogen and oxygen atoms in total. The quantitative estimate of drug-likeness (QED) is 0.403. The Balaban J connectivity index is 2.25. The molecule has 0 bridgehead atoms. The molecule has 2 aliphatic rings. The third kappa shape index (κ3) is 7.91. The summed E-state index contributed by atoms with van der Waals surface area (Å²) in [5.41, 5.74) is 7.36. The van der Waals surface area contributed by atoms with E-state index in [0.29, 0.717) is 0 Å². The summed E-state index contributed by atoms with van der Waals surface area (Å²) in [6.07, 6.45) is 14.8. The molecular weight excluding hydrogens is 396 g/mol. The highest BCUT2D eigenvalue weighted by atomic mass is 15.2. The maximum atomic E-state index is 4.46. The van der Waals surface area contributed by atoms with Gasteiger partial charge in [-0.25, -0.2) is 0 Å². The Bertz CT molecular complexity index is 893. The molecule has 2 heterocycles. The van der Waals surface area contributed by atoms with Crippen molar-refractivity contribution in [1.82, 2.24) is 21.3 Å². The Kier molecular flexibility index (Phi) is 10.6. The molecule has 0 aromatic heterocycles. The van der Waals surface area contributed by atoms with Crippen molar-refractivity contribution >= 4 is 11.9 Å². The Morgan fingerprint density at radius 3 is 1.94 bits per heavy atom. The number of allylic oxidation sites excluding steroid dienone is 10. The van der Waals surface area contributed by atoms with Crippen LogP contribution >= 0.6 is 0 Å². The SMILES string of the molecule is C\C=C(C)/C(=C\C(=C/C)NC1=NCCN1)CC(/C=C\C(=C/C)NC1=NCCN1)=C(/C)CC. The molecule has 0 aromatic rings. The van der Waals surface area contributed by atoms with Gasteiger partial charge in [0, 0.05) is 24.5 Å². The molecule has 0 amide bonds. The average molecular weight is 437 g/mol. The van der Waals surface area contributed by atoms with E-state index >= 15 is 0 Å². The van der Waals surface area contributed by atoms with Crippen molar-refractivity contribution < 1.29 is 0 Å². The number of aliphatic imine (C=N–C) groups is 2. The maximum absolute atomic E-state index is 4.46. The molecule has 4 N–H and O–H groups in total. The molecule has 0 spiro atoms. The van der Waals surface area contributed by atoms with Crippen LogP contribution in [-0.4, -0.2) is 38.1 Å². The van der Waals surface area contributed by atoms with Gasteiger partial charge >= 0.3 is 0 Å². The first-order valence-corrected chi connectivity index (χ1v) is 11.6. The molecule has 0 saturated heterocycles. The second-order valence-electron chi connectivity index (χ2n) is 7.86. The van der Waals surface area contributed by atoms with Gasteiger partial charge in [-0.1, -0.05) is 42.4 Å². The summed E-state index contributed by atoms with van der Waals surface area (Å²) >= 11 is 0. The van der Waals surface area contributed by atoms with E-state index in [4.69, 9.17) is 0 Å². The molecule has 0 aliphatic carbocycles. The van der Waals surface area contributed by atoms with Gasteiger partial charge in [-0.3, -0.25) is 9.98 Å². The van der Waals surface area contributed by atoms with E-state index in [1.807, 2.05) is 6.92 Å². The van der Waals surface area contributed by atoms with Crippen molar-refractivity contribution in [3.05, 3.63) is 70.1 Å². The van der Waals surface area contributed by atoms with E-state index in [-0.39, 0.29) is 0 Å². The summed E-state index contributed by atoms with van der Waals surface area (Å²) < 4.78 is 0. The number of guanidine groups is 2. The lowest BCUT2D eigenvalue weighted by atomic mass is 9.93. The van der Waals surface area contributed by atoms with Crippen LogP contribution in [0.25, 0.3) is 0 Å². The smallest absolute Gasteiger partial charge is 0.195 e. The number of rotatable bonds is 9. The monoisotopic (exact) mass is 436 g/mol. The minimum atomic E-state index is 0.820. The lowest BCUT2D eigenvalue weighted by Gasteiger charge is -2.15. The van der Waals surface area contributed by atoms with Crippen LogP contribution in [0.1, 0.15) is 54.4 Å². The van der Waals surface area contributed by atoms with Gasteiger partial charge in [-0.05, 0) is 70.8 Å². The van der Waals surface area contributed by atoms with Crippen molar-refractivity contribution in [3.8, 4) is 0 Å². The molecule has 2 aliphatic heterocycles. The molecule has 0 saturated carbocycles. The number of nitrogens with zero attached hydrogens (tertiary/aromatic N) is 2. The van der Waals surface area contributed by atoms with E-state index in [1.165, 1.54) is 22.3 Å². The average Bonchev–Trinajstić information content (AvgIpc) is 3.52. The van der Waals surface area contributed by atoms with Crippen molar-refractivity contribution in [2.75, 3.05) is 26.2 Å². The minimum Gasteiger partial charge on any atom is -0.354 e. The predicted octanol–water partition coefficient (Wildman–Crippen LogP) is 4.46. The predicted molar refractivity (Wildman–Crippen MR) is 139 cm³/mol. The number of nitrogens with one attached hydrogen (secondary N) is 4.